The summed E-state index contributed by atoms with van der Waals surface area (Å²) in [4.78, 5) is 12.9. The van der Waals surface area contributed by atoms with Gasteiger partial charge in [0.15, 0.2) is 16.9 Å². The predicted octanol–water partition coefficient (Wildman–Crippen LogP) is 4.18. The van der Waals surface area contributed by atoms with Crippen LogP contribution >= 0.6 is 0 Å². The second kappa shape index (κ2) is 7.60. The lowest BCUT2D eigenvalue weighted by molar-refractivity contribution is 0.0864. The minimum absolute atomic E-state index is 0.0134. The smallest absolute Gasteiger partial charge is 0.197 e. The molecule has 5 N–H and O–H groups in total. The van der Waals surface area contributed by atoms with Gasteiger partial charge in [0.2, 0.25) is 0 Å². The summed E-state index contributed by atoms with van der Waals surface area (Å²) < 4.78 is 5.74. The maximum atomic E-state index is 12.9. The molecule has 0 spiro atoms. The van der Waals surface area contributed by atoms with Crippen LogP contribution in [0.15, 0.2) is 51.7 Å². The van der Waals surface area contributed by atoms with Gasteiger partial charge in [-0.05, 0) is 54.4 Å². The van der Waals surface area contributed by atoms with Crippen LogP contribution in [0.5, 0.6) is 23.0 Å². The van der Waals surface area contributed by atoms with Crippen LogP contribution in [0.3, 0.4) is 0 Å². The second-order valence-electron chi connectivity index (χ2n) is 9.15. The third kappa shape index (κ3) is 3.58. The second-order valence-corrected chi connectivity index (χ2v) is 9.15. The number of fused-ring (bicyclic) bond motifs is 1. The van der Waals surface area contributed by atoms with Crippen LogP contribution in [0.4, 0.5) is 0 Å². The summed E-state index contributed by atoms with van der Waals surface area (Å²) >= 11 is 0. The van der Waals surface area contributed by atoms with Crippen LogP contribution < -0.4 is 5.43 Å². The maximum Gasteiger partial charge on any atom is 0.197 e. The Morgan fingerprint density at radius 2 is 1.78 bits per heavy atom. The molecule has 4 rings (SSSR count). The molecule has 168 valence electrons. The van der Waals surface area contributed by atoms with Crippen LogP contribution in [0.2, 0.25) is 0 Å². The molecule has 0 saturated heterocycles. The van der Waals surface area contributed by atoms with Gasteiger partial charge >= 0.3 is 0 Å². The van der Waals surface area contributed by atoms with Crippen LogP contribution in [0, 0.1) is 11.3 Å². The Bertz CT molecular complexity index is 1290. The fraction of sp³-hybridized carbons (Fsp3) is 0.320. The van der Waals surface area contributed by atoms with E-state index in [1.54, 1.807) is 0 Å². The van der Waals surface area contributed by atoms with Gasteiger partial charge in [-0.1, -0.05) is 20.4 Å². The molecule has 0 radical (unpaired) electrons. The van der Waals surface area contributed by atoms with Gasteiger partial charge in [-0.15, -0.1) is 0 Å². The van der Waals surface area contributed by atoms with E-state index in [1.807, 2.05) is 0 Å². The van der Waals surface area contributed by atoms with E-state index in [2.05, 4.69) is 20.4 Å². The third-order valence-electron chi connectivity index (χ3n) is 6.62. The summed E-state index contributed by atoms with van der Waals surface area (Å²) in [5.74, 6) is -1.37. The van der Waals surface area contributed by atoms with Crippen molar-refractivity contribution < 1.29 is 29.9 Å². The van der Waals surface area contributed by atoms with Crippen LogP contribution in [-0.2, 0) is 6.42 Å². The minimum Gasteiger partial charge on any atom is -0.507 e. The number of aliphatic hydroxyl groups excluding tert-OH is 1. The number of phenols is 4. The molecule has 1 aliphatic rings. The number of hydrogen-bond donors (Lipinski definition) is 5. The van der Waals surface area contributed by atoms with Gasteiger partial charge in [0.25, 0.3) is 0 Å². The molecule has 2 aromatic carbocycles. The maximum absolute atomic E-state index is 12.9. The summed E-state index contributed by atoms with van der Waals surface area (Å²) in [6.07, 6.45) is 0.936. The van der Waals surface area contributed by atoms with Crippen molar-refractivity contribution in [3.63, 3.8) is 0 Å². The van der Waals surface area contributed by atoms with Gasteiger partial charge in [-0.3, -0.25) is 4.79 Å². The van der Waals surface area contributed by atoms with Gasteiger partial charge in [0.05, 0.1) is 6.10 Å². The highest BCUT2D eigenvalue weighted by Gasteiger charge is 2.39. The first kappa shape index (κ1) is 21.8. The highest BCUT2D eigenvalue weighted by atomic mass is 16.3. The number of benzene rings is 2. The number of hydrogen-bond acceptors (Lipinski definition) is 7. The Hall–Kier alpha value is -3.45. The molecule has 1 fully saturated rings. The average Bonchev–Trinajstić information content (AvgIpc) is 2.71. The molecule has 3 aromatic rings. The van der Waals surface area contributed by atoms with Gasteiger partial charge in [-0.2, -0.15) is 0 Å². The van der Waals surface area contributed by atoms with Crippen molar-refractivity contribution in [2.24, 2.45) is 11.3 Å². The Kier molecular flexibility index (Phi) is 5.17. The van der Waals surface area contributed by atoms with Crippen molar-refractivity contribution in [2.45, 2.75) is 39.2 Å². The first-order valence-electron chi connectivity index (χ1n) is 10.4. The Labute approximate surface area is 184 Å². The Morgan fingerprint density at radius 1 is 1.06 bits per heavy atom. The highest BCUT2D eigenvalue weighted by Crippen LogP contribution is 2.47. The van der Waals surface area contributed by atoms with E-state index < -0.39 is 11.5 Å². The molecule has 0 aliphatic heterocycles. The fourth-order valence-corrected chi connectivity index (χ4v) is 4.56. The molecule has 7 nitrogen and oxygen atoms in total. The van der Waals surface area contributed by atoms with E-state index >= 15 is 0 Å². The lowest BCUT2D eigenvalue weighted by atomic mass is 9.64. The molecule has 1 aromatic heterocycles. The lowest BCUT2D eigenvalue weighted by Crippen LogP contribution is -2.37. The summed E-state index contributed by atoms with van der Waals surface area (Å²) in [5.41, 5.74) is 0.453. The van der Waals surface area contributed by atoms with E-state index in [9.17, 15) is 30.3 Å². The average molecular weight is 438 g/mol. The molecule has 7 heteroatoms. The Morgan fingerprint density at radius 3 is 2.47 bits per heavy atom. The van der Waals surface area contributed by atoms with E-state index in [4.69, 9.17) is 4.42 Å². The van der Waals surface area contributed by atoms with Crippen molar-refractivity contribution in [3.8, 4) is 34.3 Å². The molecule has 1 saturated carbocycles. The van der Waals surface area contributed by atoms with Gasteiger partial charge in [-0.25, -0.2) is 0 Å². The zero-order chi connectivity index (χ0) is 23.4. The third-order valence-corrected chi connectivity index (χ3v) is 6.62. The Balaban J connectivity index is 1.81. The standard InChI is InChI=1S/C25H26O7/c1-12-15(25(2,3)7-6-16(12)26)9-14-18(28)10-22-23(24(14)31)20(30)11-21(32-22)13-4-5-17(27)19(29)8-13/h4-5,8,10-11,15-16,26-29,31H,1,6-7,9H2,2-3H3. The molecular weight excluding hydrogens is 412 g/mol. The number of rotatable bonds is 3. The van der Waals surface area contributed by atoms with Crippen molar-refractivity contribution in [1.82, 2.24) is 0 Å². The van der Waals surface area contributed by atoms with E-state index in [1.165, 1.54) is 30.3 Å². The number of phenolic OH excluding ortho intramolecular Hbond substituents is 4. The monoisotopic (exact) mass is 438 g/mol. The molecule has 0 bridgehead atoms. The summed E-state index contributed by atoms with van der Waals surface area (Å²) in [5, 5.41) is 51.0. The van der Waals surface area contributed by atoms with E-state index in [0.29, 0.717) is 17.6 Å². The predicted molar refractivity (Wildman–Crippen MR) is 120 cm³/mol. The minimum atomic E-state index is -0.646. The molecule has 2 unspecified atom stereocenters. The summed E-state index contributed by atoms with van der Waals surface area (Å²) in [6.45, 7) is 8.14. The molecule has 1 heterocycles. The SMILES string of the molecule is C=C1C(O)CCC(C)(C)C1Cc1c(O)cc2oc(-c3ccc(O)c(O)c3)cc(=O)c2c1O. The molecular formula is C25H26O7. The summed E-state index contributed by atoms with van der Waals surface area (Å²) in [6, 6.07) is 6.44. The quantitative estimate of drug-likeness (QED) is 0.306. The largest absolute Gasteiger partial charge is 0.507 e. The number of aliphatic hydroxyl groups is 1. The van der Waals surface area contributed by atoms with Gasteiger partial charge in [0, 0.05) is 23.3 Å². The molecule has 0 amide bonds. The van der Waals surface area contributed by atoms with Gasteiger partial charge in [0.1, 0.15) is 28.2 Å². The topological polar surface area (TPSA) is 131 Å². The zero-order valence-corrected chi connectivity index (χ0v) is 17.9. The first-order valence-corrected chi connectivity index (χ1v) is 10.4. The van der Waals surface area contributed by atoms with Gasteiger partial charge < -0.3 is 29.9 Å². The normalized spacial score (nSPS) is 20.5. The first-order chi connectivity index (χ1) is 15.0. The number of aromatic hydroxyl groups is 4. The van der Waals surface area contributed by atoms with E-state index in [0.717, 1.165) is 6.42 Å². The fourth-order valence-electron chi connectivity index (χ4n) is 4.56. The lowest BCUT2D eigenvalue weighted by Gasteiger charge is -2.42. The highest BCUT2D eigenvalue weighted by molar-refractivity contribution is 5.88. The molecule has 1 aliphatic carbocycles. The van der Waals surface area contributed by atoms with Crippen molar-refractivity contribution in [1.29, 1.82) is 0 Å². The van der Waals surface area contributed by atoms with Crippen molar-refractivity contribution in [2.75, 3.05) is 0 Å². The molecule has 32 heavy (non-hydrogen) atoms. The molecule has 2 atom stereocenters. The van der Waals surface area contributed by atoms with Crippen LogP contribution in [-0.4, -0.2) is 31.6 Å². The van der Waals surface area contributed by atoms with Crippen LogP contribution in [0.1, 0.15) is 32.3 Å². The summed E-state index contributed by atoms with van der Waals surface area (Å²) in [7, 11) is 0. The van der Waals surface area contributed by atoms with Crippen molar-refractivity contribution >= 4 is 11.0 Å². The zero-order valence-electron chi connectivity index (χ0n) is 17.9. The van der Waals surface area contributed by atoms with Crippen molar-refractivity contribution in [3.05, 3.63) is 58.3 Å². The van der Waals surface area contributed by atoms with Crippen LogP contribution in [0.25, 0.3) is 22.3 Å². The van der Waals surface area contributed by atoms with E-state index in [-0.39, 0.29) is 63.0 Å².